The first-order valence-corrected chi connectivity index (χ1v) is 24.4. The molecule has 0 amide bonds. The highest BCUT2D eigenvalue weighted by Crippen LogP contribution is 2.40. The van der Waals surface area contributed by atoms with E-state index >= 15 is 0 Å². The Balaban J connectivity index is 1.27. The molecule has 58 heavy (non-hydrogen) atoms. The second-order valence-corrected chi connectivity index (χ2v) is 17.9. The first-order chi connectivity index (χ1) is 28.4. The molecule has 4 heteroatoms. The van der Waals surface area contributed by atoms with Crippen LogP contribution in [0.2, 0.25) is 0 Å². The van der Waals surface area contributed by atoms with Gasteiger partial charge in [0.1, 0.15) is 0 Å². The summed E-state index contributed by atoms with van der Waals surface area (Å²) >= 11 is 8.03. The van der Waals surface area contributed by atoms with Gasteiger partial charge in [0.25, 0.3) is 0 Å². The average molecular weight is 907 g/mol. The summed E-state index contributed by atoms with van der Waals surface area (Å²) in [6.07, 6.45) is 29.8. The Labute approximate surface area is 369 Å². The lowest BCUT2D eigenvalue weighted by atomic mass is 9.99. The molecule has 0 aromatic heterocycles. The van der Waals surface area contributed by atoms with Gasteiger partial charge in [0.15, 0.2) is 0 Å². The maximum Gasteiger partial charge on any atom is 0.0366 e. The van der Waals surface area contributed by atoms with Crippen molar-refractivity contribution in [3.8, 4) is 0 Å². The molecule has 0 atom stereocenters. The minimum absolute atomic E-state index is 1.14. The van der Waals surface area contributed by atoms with Crippen molar-refractivity contribution in [1.29, 1.82) is 0 Å². The van der Waals surface area contributed by atoms with Crippen LogP contribution in [0, 0.1) is 0 Å². The summed E-state index contributed by atoms with van der Waals surface area (Å²) in [7, 11) is 0. The van der Waals surface area contributed by atoms with Gasteiger partial charge >= 0.3 is 0 Å². The predicted molar refractivity (Wildman–Crippen MR) is 269 cm³/mol. The van der Waals surface area contributed by atoms with Crippen molar-refractivity contribution in [3.05, 3.63) is 116 Å². The fraction of sp³-hybridized carbons (Fsp3) is 0.444. The zero-order valence-electron chi connectivity index (χ0n) is 36.2. The first-order valence-electron chi connectivity index (χ1n) is 22.9. The van der Waals surface area contributed by atoms with Gasteiger partial charge in [-0.15, -0.1) is 0 Å². The number of rotatable bonds is 26. The molecule has 0 aliphatic heterocycles. The molecule has 5 aromatic rings. The standard InChI is InChI=1S/C54H70Br2N2/c1-5-9-13-17-37-57(38-18-14-10-6-2)47-31-25-43(26-32-47)21-23-45-29-35-49-51(41-45)53(55)50-36-30-46(42-52(50)54(49)56)24-22-44-27-33-48(34-28-44)58(39-19-15-11-7-3)40-20-16-12-8-4/h21-36,41-42H,5-20,37-40H2,1-4H3/b23-21+,24-22+. The lowest BCUT2D eigenvalue weighted by molar-refractivity contribution is 0.609. The van der Waals surface area contributed by atoms with Crippen LogP contribution in [0.4, 0.5) is 11.4 Å². The minimum Gasteiger partial charge on any atom is -0.372 e. The summed E-state index contributed by atoms with van der Waals surface area (Å²) in [6.45, 7) is 13.8. The lowest BCUT2D eigenvalue weighted by Crippen LogP contribution is -2.25. The highest BCUT2D eigenvalue weighted by molar-refractivity contribution is 9.11. The average Bonchev–Trinajstić information content (AvgIpc) is 3.26. The van der Waals surface area contributed by atoms with Crippen molar-refractivity contribution in [2.24, 2.45) is 0 Å². The van der Waals surface area contributed by atoms with Crippen LogP contribution in [0.25, 0.3) is 45.8 Å². The molecule has 0 aliphatic rings. The topological polar surface area (TPSA) is 6.48 Å². The summed E-state index contributed by atoms with van der Waals surface area (Å²) in [5, 5.41) is 4.85. The van der Waals surface area contributed by atoms with Crippen LogP contribution in [-0.4, -0.2) is 26.2 Å². The highest BCUT2D eigenvalue weighted by Gasteiger charge is 2.13. The summed E-state index contributed by atoms with van der Waals surface area (Å²) < 4.78 is 2.27. The van der Waals surface area contributed by atoms with E-state index in [9.17, 15) is 0 Å². The summed E-state index contributed by atoms with van der Waals surface area (Å²) in [4.78, 5) is 5.22. The molecule has 0 fully saturated rings. The van der Waals surface area contributed by atoms with Gasteiger partial charge in [-0.2, -0.15) is 0 Å². The third-order valence-electron chi connectivity index (χ3n) is 11.6. The number of nitrogens with zero attached hydrogens (tertiary/aromatic N) is 2. The van der Waals surface area contributed by atoms with Crippen LogP contribution in [0.3, 0.4) is 0 Å². The van der Waals surface area contributed by atoms with Gasteiger partial charge in [-0.05, 0) is 138 Å². The van der Waals surface area contributed by atoms with E-state index in [-0.39, 0.29) is 0 Å². The number of benzene rings is 5. The highest BCUT2D eigenvalue weighted by atomic mass is 79.9. The van der Waals surface area contributed by atoms with Crippen molar-refractivity contribution in [1.82, 2.24) is 0 Å². The lowest BCUT2D eigenvalue weighted by Gasteiger charge is -2.25. The summed E-state index contributed by atoms with van der Waals surface area (Å²) in [5.74, 6) is 0. The molecule has 5 rings (SSSR count). The molecule has 0 unspecified atom stereocenters. The van der Waals surface area contributed by atoms with Crippen molar-refractivity contribution in [2.75, 3.05) is 36.0 Å². The zero-order valence-corrected chi connectivity index (χ0v) is 39.4. The number of fused-ring (bicyclic) bond motifs is 2. The molecule has 0 radical (unpaired) electrons. The number of hydrogen-bond donors (Lipinski definition) is 0. The Kier molecular flexibility index (Phi) is 20.0. The van der Waals surface area contributed by atoms with Crippen LogP contribution in [0.1, 0.15) is 153 Å². The van der Waals surface area contributed by atoms with E-state index in [0.29, 0.717) is 0 Å². The molecule has 0 heterocycles. The maximum atomic E-state index is 4.01. The third kappa shape index (κ3) is 13.9. The Morgan fingerprint density at radius 2 is 0.638 bits per heavy atom. The van der Waals surface area contributed by atoms with E-state index in [0.717, 1.165) is 35.1 Å². The van der Waals surface area contributed by atoms with Gasteiger partial charge in [-0.1, -0.05) is 178 Å². The van der Waals surface area contributed by atoms with E-state index in [4.69, 9.17) is 0 Å². The SMILES string of the molecule is CCCCCCN(CCCCCC)c1ccc(/C=C/c2ccc3c(Br)c4cc(/C=C/c5ccc(N(CCCCCC)CCCCCC)cc5)ccc4c(Br)c3c2)cc1. The number of halogens is 2. The maximum absolute atomic E-state index is 4.01. The van der Waals surface area contributed by atoms with E-state index in [1.54, 1.807) is 0 Å². The smallest absolute Gasteiger partial charge is 0.0366 e. The molecular weight excluding hydrogens is 836 g/mol. The van der Waals surface area contributed by atoms with Crippen molar-refractivity contribution in [2.45, 2.75) is 130 Å². The molecule has 0 aliphatic carbocycles. The van der Waals surface area contributed by atoms with Gasteiger partial charge in [0.2, 0.25) is 0 Å². The molecule has 2 nitrogen and oxygen atoms in total. The molecule has 0 saturated carbocycles. The Hall–Kier alpha value is -3.34. The molecular formula is C54H70Br2N2. The zero-order chi connectivity index (χ0) is 41.0. The summed E-state index contributed by atoms with van der Waals surface area (Å²) in [6, 6.07) is 32.0. The number of anilines is 2. The third-order valence-corrected chi connectivity index (χ3v) is 13.3. The molecule has 5 aromatic carbocycles. The Bertz CT molecular complexity index is 1840. The normalized spacial score (nSPS) is 11.8. The van der Waals surface area contributed by atoms with Gasteiger partial charge in [0.05, 0.1) is 0 Å². The molecule has 0 spiro atoms. The molecule has 310 valence electrons. The van der Waals surface area contributed by atoms with Crippen LogP contribution in [0.5, 0.6) is 0 Å². The largest absolute Gasteiger partial charge is 0.372 e. The van der Waals surface area contributed by atoms with Crippen molar-refractivity contribution < 1.29 is 0 Å². The quantitative estimate of drug-likeness (QED) is 0.0310. The van der Waals surface area contributed by atoms with Crippen LogP contribution >= 0.6 is 31.9 Å². The minimum atomic E-state index is 1.14. The van der Waals surface area contributed by atoms with Crippen LogP contribution < -0.4 is 9.80 Å². The van der Waals surface area contributed by atoms with Crippen molar-refractivity contribution >= 4 is 89.1 Å². The summed E-state index contributed by atoms with van der Waals surface area (Å²) in [5.41, 5.74) is 7.56. The predicted octanol–water partition coefficient (Wildman–Crippen LogP) is 17.8. The molecule has 0 N–H and O–H groups in total. The van der Waals surface area contributed by atoms with Gasteiger partial charge < -0.3 is 9.80 Å². The molecule has 0 bridgehead atoms. The van der Waals surface area contributed by atoms with E-state index in [1.807, 2.05) is 0 Å². The van der Waals surface area contributed by atoms with Crippen LogP contribution in [0.15, 0.2) is 93.9 Å². The Morgan fingerprint density at radius 3 is 0.948 bits per heavy atom. The fourth-order valence-corrected chi connectivity index (χ4v) is 9.35. The second-order valence-electron chi connectivity index (χ2n) is 16.3. The van der Waals surface area contributed by atoms with Gasteiger partial charge in [-0.3, -0.25) is 0 Å². The van der Waals surface area contributed by atoms with Crippen LogP contribution in [-0.2, 0) is 0 Å². The van der Waals surface area contributed by atoms with Gasteiger partial charge in [0, 0.05) is 46.5 Å². The second kappa shape index (κ2) is 25.3. The van der Waals surface area contributed by atoms with E-state index in [2.05, 4.69) is 179 Å². The monoisotopic (exact) mass is 904 g/mol. The van der Waals surface area contributed by atoms with Gasteiger partial charge in [-0.25, -0.2) is 0 Å². The van der Waals surface area contributed by atoms with E-state index in [1.165, 1.54) is 158 Å². The van der Waals surface area contributed by atoms with Crippen molar-refractivity contribution in [3.63, 3.8) is 0 Å². The number of hydrogen-bond acceptors (Lipinski definition) is 2. The molecule has 0 saturated heterocycles. The first kappa shape index (κ1) is 45.7. The Morgan fingerprint density at radius 1 is 0.345 bits per heavy atom. The number of unbranched alkanes of at least 4 members (excludes halogenated alkanes) is 12. The van der Waals surface area contributed by atoms with E-state index < -0.39 is 0 Å². The fourth-order valence-electron chi connectivity index (χ4n) is 8.00.